The molecule has 0 saturated carbocycles. The molecule has 1 aliphatic rings. The molecule has 0 unspecified atom stereocenters. The largest absolute Gasteiger partial charge is 0.399 e. The number of rotatable bonds is 2. The van der Waals surface area contributed by atoms with Crippen LogP contribution in [0.2, 0.25) is 0 Å². The van der Waals surface area contributed by atoms with Gasteiger partial charge in [-0.05, 0) is 30.2 Å². The summed E-state index contributed by atoms with van der Waals surface area (Å²) in [5, 5.41) is 0. The molecular weight excluding hydrogens is 188 g/mol. The number of aryl methyl sites for hydroxylation is 1. The molecule has 1 aromatic carbocycles. The lowest BCUT2D eigenvalue weighted by Gasteiger charge is -2.26. The van der Waals surface area contributed by atoms with Crippen molar-refractivity contribution in [2.45, 2.75) is 13.5 Å². The van der Waals surface area contributed by atoms with Gasteiger partial charge in [-0.25, -0.2) is 0 Å². The van der Waals surface area contributed by atoms with Gasteiger partial charge in [0, 0.05) is 25.3 Å². The second-order valence-electron chi connectivity index (χ2n) is 4.14. The summed E-state index contributed by atoms with van der Waals surface area (Å²) in [4.78, 5) is 2.40. The zero-order chi connectivity index (χ0) is 10.7. The Hall–Kier alpha value is -1.06. The Morgan fingerprint density at radius 2 is 2.00 bits per heavy atom. The van der Waals surface area contributed by atoms with Gasteiger partial charge < -0.3 is 10.5 Å². The van der Waals surface area contributed by atoms with Crippen molar-refractivity contribution in [3.05, 3.63) is 29.3 Å². The Morgan fingerprint density at radius 3 is 2.67 bits per heavy atom. The second-order valence-corrected chi connectivity index (χ2v) is 4.14. The van der Waals surface area contributed by atoms with Crippen LogP contribution >= 0.6 is 0 Å². The van der Waals surface area contributed by atoms with Gasteiger partial charge >= 0.3 is 0 Å². The third kappa shape index (κ3) is 2.94. The van der Waals surface area contributed by atoms with Gasteiger partial charge in [-0.1, -0.05) is 6.07 Å². The van der Waals surface area contributed by atoms with Gasteiger partial charge in [0.25, 0.3) is 0 Å². The fourth-order valence-electron chi connectivity index (χ4n) is 2.00. The second kappa shape index (κ2) is 4.64. The Balaban J connectivity index is 2.02. The fraction of sp³-hybridized carbons (Fsp3) is 0.500. The third-order valence-corrected chi connectivity index (χ3v) is 2.67. The monoisotopic (exact) mass is 206 g/mol. The zero-order valence-electron chi connectivity index (χ0n) is 9.20. The van der Waals surface area contributed by atoms with Gasteiger partial charge in [0.1, 0.15) is 0 Å². The Labute approximate surface area is 90.8 Å². The first-order chi connectivity index (χ1) is 7.24. The average molecular weight is 206 g/mol. The summed E-state index contributed by atoms with van der Waals surface area (Å²) in [6, 6.07) is 6.26. The first kappa shape index (κ1) is 10.5. The highest BCUT2D eigenvalue weighted by molar-refractivity contribution is 5.44. The number of benzene rings is 1. The van der Waals surface area contributed by atoms with Crippen LogP contribution in [-0.2, 0) is 11.3 Å². The summed E-state index contributed by atoms with van der Waals surface area (Å²) >= 11 is 0. The van der Waals surface area contributed by atoms with E-state index in [2.05, 4.69) is 24.0 Å². The third-order valence-electron chi connectivity index (χ3n) is 2.67. The van der Waals surface area contributed by atoms with E-state index in [1.54, 1.807) is 0 Å². The van der Waals surface area contributed by atoms with Crippen molar-refractivity contribution in [3.63, 3.8) is 0 Å². The van der Waals surface area contributed by atoms with Crippen molar-refractivity contribution < 1.29 is 4.74 Å². The summed E-state index contributed by atoms with van der Waals surface area (Å²) in [6.45, 7) is 6.80. The standard InChI is InChI=1S/C12H18N2O/c1-10-6-11(8-12(13)7-10)9-14-2-4-15-5-3-14/h6-8H,2-5,9,13H2,1H3. The molecular formula is C12H18N2O. The molecule has 2 N–H and O–H groups in total. The summed E-state index contributed by atoms with van der Waals surface area (Å²) in [6.07, 6.45) is 0. The summed E-state index contributed by atoms with van der Waals surface area (Å²) < 4.78 is 5.32. The molecule has 3 nitrogen and oxygen atoms in total. The minimum Gasteiger partial charge on any atom is -0.399 e. The van der Waals surface area contributed by atoms with Crippen LogP contribution in [0.4, 0.5) is 5.69 Å². The van der Waals surface area contributed by atoms with Crippen LogP contribution in [0.3, 0.4) is 0 Å². The van der Waals surface area contributed by atoms with E-state index >= 15 is 0 Å². The lowest BCUT2D eigenvalue weighted by atomic mass is 10.1. The molecule has 1 fully saturated rings. The highest BCUT2D eigenvalue weighted by atomic mass is 16.5. The summed E-state index contributed by atoms with van der Waals surface area (Å²) in [5.74, 6) is 0. The molecule has 0 aliphatic carbocycles. The lowest BCUT2D eigenvalue weighted by Crippen LogP contribution is -2.35. The van der Waals surface area contributed by atoms with Gasteiger partial charge in [-0.15, -0.1) is 0 Å². The van der Waals surface area contributed by atoms with E-state index in [1.807, 2.05) is 6.07 Å². The number of hydrogen-bond donors (Lipinski definition) is 1. The Bertz CT molecular complexity index is 312. The van der Waals surface area contributed by atoms with Gasteiger partial charge in [-0.3, -0.25) is 4.90 Å². The smallest absolute Gasteiger partial charge is 0.0594 e. The molecule has 0 spiro atoms. The maximum absolute atomic E-state index is 5.82. The van der Waals surface area contributed by atoms with Gasteiger partial charge in [0.15, 0.2) is 0 Å². The maximum Gasteiger partial charge on any atom is 0.0594 e. The lowest BCUT2D eigenvalue weighted by molar-refractivity contribution is 0.0342. The van der Waals surface area contributed by atoms with Crippen LogP contribution < -0.4 is 5.73 Å². The average Bonchev–Trinajstić information content (AvgIpc) is 2.17. The van der Waals surface area contributed by atoms with Crippen LogP contribution in [0.15, 0.2) is 18.2 Å². The van der Waals surface area contributed by atoms with Crippen LogP contribution in [0.5, 0.6) is 0 Å². The van der Waals surface area contributed by atoms with Gasteiger partial charge in [0.05, 0.1) is 13.2 Å². The van der Waals surface area contributed by atoms with E-state index in [1.165, 1.54) is 11.1 Å². The molecule has 1 aromatic rings. The maximum atomic E-state index is 5.82. The molecule has 1 aliphatic heterocycles. The minimum atomic E-state index is 0.849. The van der Waals surface area contributed by atoms with Crippen molar-refractivity contribution in [3.8, 4) is 0 Å². The Kier molecular flexibility index (Phi) is 3.23. The highest BCUT2D eigenvalue weighted by Gasteiger charge is 2.10. The van der Waals surface area contributed by atoms with Crippen molar-refractivity contribution in [1.29, 1.82) is 0 Å². The van der Waals surface area contributed by atoms with E-state index in [0.717, 1.165) is 38.5 Å². The number of ether oxygens (including phenoxy) is 1. The van der Waals surface area contributed by atoms with Gasteiger partial charge in [0.2, 0.25) is 0 Å². The van der Waals surface area contributed by atoms with Crippen LogP contribution in [0.1, 0.15) is 11.1 Å². The van der Waals surface area contributed by atoms with Crippen LogP contribution in [0, 0.1) is 6.92 Å². The highest BCUT2D eigenvalue weighted by Crippen LogP contribution is 2.13. The summed E-state index contributed by atoms with van der Waals surface area (Å²) in [7, 11) is 0. The molecule has 0 atom stereocenters. The first-order valence-electron chi connectivity index (χ1n) is 5.40. The molecule has 3 heteroatoms. The molecule has 1 heterocycles. The van der Waals surface area contributed by atoms with Crippen molar-refractivity contribution >= 4 is 5.69 Å². The van der Waals surface area contributed by atoms with Crippen LogP contribution in [-0.4, -0.2) is 31.2 Å². The van der Waals surface area contributed by atoms with Gasteiger partial charge in [-0.2, -0.15) is 0 Å². The molecule has 0 amide bonds. The van der Waals surface area contributed by atoms with Crippen molar-refractivity contribution in [2.75, 3.05) is 32.0 Å². The molecule has 0 radical (unpaired) electrons. The van der Waals surface area contributed by atoms with E-state index in [0.29, 0.717) is 0 Å². The quantitative estimate of drug-likeness (QED) is 0.744. The minimum absolute atomic E-state index is 0.849. The molecule has 2 rings (SSSR count). The molecule has 82 valence electrons. The number of nitrogens with two attached hydrogens (primary N) is 1. The van der Waals surface area contributed by atoms with E-state index in [-0.39, 0.29) is 0 Å². The van der Waals surface area contributed by atoms with Crippen LogP contribution in [0.25, 0.3) is 0 Å². The fourth-order valence-corrected chi connectivity index (χ4v) is 2.00. The molecule has 0 bridgehead atoms. The van der Waals surface area contributed by atoms with E-state index in [4.69, 9.17) is 10.5 Å². The summed E-state index contributed by atoms with van der Waals surface area (Å²) in [5.41, 5.74) is 9.22. The molecule has 15 heavy (non-hydrogen) atoms. The number of nitrogens with zero attached hydrogens (tertiary/aromatic N) is 1. The number of morpholine rings is 1. The Morgan fingerprint density at radius 1 is 1.27 bits per heavy atom. The number of anilines is 1. The van der Waals surface area contributed by atoms with E-state index in [9.17, 15) is 0 Å². The number of hydrogen-bond acceptors (Lipinski definition) is 3. The van der Waals surface area contributed by atoms with Crippen molar-refractivity contribution in [1.82, 2.24) is 4.90 Å². The van der Waals surface area contributed by atoms with E-state index < -0.39 is 0 Å². The topological polar surface area (TPSA) is 38.5 Å². The number of nitrogen functional groups attached to an aromatic ring is 1. The first-order valence-corrected chi connectivity index (χ1v) is 5.40. The molecule has 1 saturated heterocycles. The zero-order valence-corrected chi connectivity index (χ0v) is 9.20. The van der Waals surface area contributed by atoms with Crippen molar-refractivity contribution in [2.24, 2.45) is 0 Å². The SMILES string of the molecule is Cc1cc(N)cc(CN2CCOCC2)c1. The normalized spacial score (nSPS) is 17.9. The molecule has 0 aromatic heterocycles. The predicted molar refractivity (Wildman–Crippen MR) is 61.7 cm³/mol. The predicted octanol–water partition coefficient (Wildman–Crippen LogP) is 1.41.